The molecule has 0 aliphatic carbocycles. The standard InChI is InChI=1S/C28H35ClF3N9O3.C7H11NO/c1-6-10-36-24(18(3)37-17-33)26(43)40-13-11-39(12-14-40)25(21(7-2)34-4)27(44)41(35-5)16-23(42)38-22-9-8-19(15-20(22)29)28(30,31)32;1-8-6-7-2-4-9-5-3-7/h6,8-10,15,17,34H,3,5,7,11-14,16H2,1-2,4H3,(H2,33,37)(H,38,42);2H,1,3-6H2/b10-6-,25-21+,36-24?;. The molecule has 1 aromatic carbocycles. The molecular weight excluding hydrogens is 717 g/mol. The minimum atomic E-state index is -4.61. The average Bonchev–Trinajstić information content (AvgIpc) is 3.14. The van der Waals surface area contributed by atoms with Crippen molar-refractivity contribution in [2.45, 2.75) is 32.9 Å². The van der Waals surface area contributed by atoms with Crippen molar-refractivity contribution >= 4 is 60.5 Å². The molecule has 0 saturated carbocycles. The highest BCUT2D eigenvalue weighted by Crippen LogP contribution is 2.33. The zero-order valence-electron chi connectivity index (χ0n) is 30.1. The predicted octanol–water partition coefficient (Wildman–Crippen LogP) is 4.24. The third-order valence-electron chi connectivity index (χ3n) is 7.73. The van der Waals surface area contributed by atoms with Gasteiger partial charge in [0, 0.05) is 51.8 Å². The highest BCUT2D eigenvalue weighted by atomic mass is 35.5. The van der Waals surface area contributed by atoms with Gasteiger partial charge in [-0.15, -0.1) is 0 Å². The molecule has 2 aliphatic rings. The number of piperazine rings is 1. The first kappa shape index (κ1) is 43.9. The number of halogens is 4. The Balaban J connectivity index is 0.000000937. The lowest BCUT2D eigenvalue weighted by Crippen LogP contribution is -2.52. The minimum absolute atomic E-state index is 0.0239. The summed E-state index contributed by atoms with van der Waals surface area (Å²) in [4.78, 5) is 54.9. The van der Waals surface area contributed by atoms with Crippen molar-refractivity contribution in [3.8, 4) is 0 Å². The number of amides is 3. The van der Waals surface area contributed by atoms with Gasteiger partial charge in [-0.05, 0) is 50.3 Å². The molecule has 3 amide bonds. The molecule has 4 N–H and O–H groups in total. The van der Waals surface area contributed by atoms with E-state index in [1.807, 2.05) is 6.92 Å². The van der Waals surface area contributed by atoms with Crippen LogP contribution >= 0.6 is 11.6 Å². The second kappa shape index (κ2) is 21.9. The Morgan fingerprint density at radius 1 is 1.15 bits per heavy atom. The maximum absolute atomic E-state index is 13.7. The second-order valence-corrected chi connectivity index (χ2v) is 11.6. The summed E-state index contributed by atoms with van der Waals surface area (Å²) in [5.41, 5.74) is 6.56. The number of hydrazone groups is 1. The first-order chi connectivity index (χ1) is 25.2. The molecule has 3 rings (SSSR count). The van der Waals surface area contributed by atoms with Crippen LogP contribution in [0.25, 0.3) is 0 Å². The van der Waals surface area contributed by atoms with Gasteiger partial charge in [0.25, 0.3) is 11.8 Å². The van der Waals surface area contributed by atoms with Crippen LogP contribution in [-0.4, -0.2) is 118 Å². The number of nitrogens with two attached hydrogens (primary N) is 1. The second-order valence-electron chi connectivity index (χ2n) is 11.2. The number of ether oxygens (including phenoxy) is 1. The normalized spacial score (nSPS) is 15.5. The molecule has 14 nitrogen and oxygen atoms in total. The number of carbonyl (C=O) groups is 3. The summed E-state index contributed by atoms with van der Waals surface area (Å²) >= 11 is 5.95. The van der Waals surface area contributed by atoms with Gasteiger partial charge in [-0.25, -0.2) is 15.0 Å². The summed E-state index contributed by atoms with van der Waals surface area (Å²) < 4.78 is 44.0. The molecule has 0 atom stereocenters. The predicted molar refractivity (Wildman–Crippen MR) is 203 cm³/mol. The highest BCUT2D eigenvalue weighted by molar-refractivity contribution is 6.45. The van der Waals surface area contributed by atoms with Crippen molar-refractivity contribution in [1.29, 1.82) is 0 Å². The van der Waals surface area contributed by atoms with Crippen molar-refractivity contribution in [1.82, 2.24) is 20.1 Å². The van der Waals surface area contributed by atoms with E-state index in [-0.39, 0.29) is 54.0 Å². The summed E-state index contributed by atoms with van der Waals surface area (Å²) in [7, 11) is 1.64. The number of hydrogen-bond donors (Lipinski definition) is 3. The lowest BCUT2D eigenvalue weighted by atomic mass is 10.1. The van der Waals surface area contributed by atoms with Crippen molar-refractivity contribution in [3.63, 3.8) is 0 Å². The number of allylic oxidation sites excluding steroid dienone is 2. The van der Waals surface area contributed by atoms with E-state index in [1.54, 1.807) is 29.8 Å². The maximum Gasteiger partial charge on any atom is 0.416 e. The zero-order chi connectivity index (χ0) is 39.6. The summed E-state index contributed by atoms with van der Waals surface area (Å²) in [5.74, 6) is -1.83. The molecule has 0 aromatic heterocycles. The number of nitrogens with zero attached hydrogens (tertiary/aromatic N) is 7. The van der Waals surface area contributed by atoms with Gasteiger partial charge in [-0.1, -0.05) is 37.3 Å². The number of nitrogens with one attached hydrogen (secondary N) is 2. The van der Waals surface area contributed by atoms with Crippen LogP contribution in [0.1, 0.15) is 32.3 Å². The lowest BCUT2D eigenvalue weighted by Gasteiger charge is -2.38. The monoisotopic (exact) mass is 762 g/mol. The number of carbonyl (C=O) groups excluding carboxylic acids is 3. The van der Waals surface area contributed by atoms with E-state index >= 15 is 0 Å². The fraction of sp³-hybridized carbons (Fsp3) is 0.400. The Hall–Kier alpha value is -5.29. The van der Waals surface area contributed by atoms with E-state index < -0.39 is 36.0 Å². The van der Waals surface area contributed by atoms with Crippen molar-refractivity contribution in [3.05, 3.63) is 76.4 Å². The SMILES string of the molecule is C=NCC1=CCOCC1.C=NN(CC(=O)Nc1ccc(C(F)(F)F)cc1Cl)C(=O)/C(=C(/CC)NC)N1CCN(C(=O)C(=N/C=C\C)C(=C)N=CN)CC1. The fourth-order valence-corrected chi connectivity index (χ4v) is 5.26. The average molecular weight is 763 g/mol. The van der Waals surface area contributed by atoms with E-state index in [4.69, 9.17) is 22.1 Å². The van der Waals surface area contributed by atoms with Crippen LogP contribution in [0.3, 0.4) is 0 Å². The first-order valence-corrected chi connectivity index (χ1v) is 16.8. The largest absolute Gasteiger partial charge is 0.416 e. The summed E-state index contributed by atoms with van der Waals surface area (Å²) in [6.45, 7) is 16.9. The lowest BCUT2D eigenvalue weighted by molar-refractivity contribution is -0.137. The molecule has 0 bridgehead atoms. The summed E-state index contributed by atoms with van der Waals surface area (Å²) in [6.07, 6.45) is 3.03. The number of anilines is 1. The molecule has 1 saturated heterocycles. The number of hydrogen-bond acceptors (Lipinski definition) is 10. The van der Waals surface area contributed by atoms with E-state index in [0.29, 0.717) is 18.2 Å². The van der Waals surface area contributed by atoms with Crippen LogP contribution in [0.5, 0.6) is 0 Å². The smallest absolute Gasteiger partial charge is 0.390 e. The molecule has 2 aliphatic heterocycles. The Bertz CT molecular complexity index is 1640. The minimum Gasteiger partial charge on any atom is -0.390 e. The van der Waals surface area contributed by atoms with E-state index in [2.05, 4.69) is 56.8 Å². The molecule has 1 aromatic rings. The van der Waals surface area contributed by atoms with Crippen LogP contribution in [-0.2, 0) is 25.3 Å². The fourth-order valence-electron chi connectivity index (χ4n) is 5.03. The van der Waals surface area contributed by atoms with Crippen LogP contribution in [0.2, 0.25) is 5.02 Å². The molecule has 1 fully saturated rings. The molecule has 0 spiro atoms. The van der Waals surface area contributed by atoms with Gasteiger partial charge in [-0.2, -0.15) is 18.3 Å². The molecule has 2 heterocycles. The van der Waals surface area contributed by atoms with Crippen LogP contribution in [0.4, 0.5) is 18.9 Å². The summed E-state index contributed by atoms with van der Waals surface area (Å²) in [6, 6.07) is 2.48. The number of aliphatic imine (C=N–C) groups is 3. The first-order valence-electron chi connectivity index (χ1n) is 16.5. The van der Waals surface area contributed by atoms with Crippen LogP contribution in [0.15, 0.2) is 85.9 Å². The van der Waals surface area contributed by atoms with Crippen molar-refractivity contribution < 1.29 is 32.3 Å². The van der Waals surface area contributed by atoms with Gasteiger partial charge >= 0.3 is 6.18 Å². The number of alkyl halides is 3. The highest BCUT2D eigenvalue weighted by Gasteiger charge is 2.33. The van der Waals surface area contributed by atoms with E-state index in [0.717, 1.165) is 49.7 Å². The topological polar surface area (TPSA) is 170 Å². The number of benzene rings is 1. The van der Waals surface area contributed by atoms with Crippen molar-refractivity contribution in [2.75, 3.05) is 64.8 Å². The van der Waals surface area contributed by atoms with Crippen molar-refractivity contribution in [2.24, 2.45) is 25.8 Å². The maximum atomic E-state index is 13.7. The van der Waals surface area contributed by atoms with Gasteiger partial charge < -0.3 is 30.9 Å². The molecule has 0 unspecified atom stereocenters. The Kier molecular flexibility index (Phi) is 18.2. The quantitative estimate of drug-likeness (QED) is 0.0838. The van der Waals surface area contributed by atoms with Crippen LogP contribution in [0, 0.1) is 0 Å². The molecule has 18 heteroatoms. The van der Waals surface area contributed by atoms with Gasteiger partial charge in [0.05, 0.1) is 48.1 Å². The molecule has 53 heavy (non-hydrogen) atoms. The molecule has 288 valence electrons. The Labute approximate surface area is 312 Å². The van der Waals surface area contributed by atoms with Crippen LogP contribution < -0.4 is 16.4 Å². The third kappa shape index (κ3) is 13.3. The molecular formula is C35H46ClF3N10O4. The zero-order valence-corrected chi connectivity index (χ0v) is 30.8. The van der Waals surface area contributed by atoms with Gasteiger partial charge in [0.1, 0.15) is 12.2 Å². The Morgan fingerprint density at radius 3 is 2.34 bits per heavy atom. The summed E-state index contributed by atoms with van der Waals surface area (Å²) in [5, 5.41) is 9.63. The van der Waals surface area contributed by atoms with Gasteiger partial charge in [0.2, 0.25) is 5.91 Å². The van der Waals surface area contributed by atoms with Gasteiger partial charge in [-0.3, -0.25) is 19.4 Å². The third-order valence-corrected chi connectivity index (χ3v) is 8.04. The number of rotatable bonds is 14. The Morgan fingerprint density at radius 2 is 1.83 bits per heavy atom. The van der Waals surface area contributed by atoms with E-state index in [1.165, 1.54) is 11.8 Å². The van der Waals surface area contributed by atoms with E-state index in [9.17, 15) is 27.6 Å². The van der Waals surface area contributed by atoms with Gasteiger partial charge in [0.15, 0.2) is 5.71 Å². The molecule has 0 radical (unpaired) electrons.